The van der Waals surface area contributed by atoms with Gasteiger partial charge in [-0.2, -0.15) is 5.10 Å². The van der Waals surface area contributed by atoms with Crippen LogP contribution in [-0.2, 0) is 0 Å². The summed E-state index contributed by atoms with van der Waals surface area (Å²) in [5.74, 6) is 0.621. The zero-order valence-corrected chi connectivity index (χ0v) is 15.2. The van der Waals surface area contributed by atoms with Crippen molar-refractivity contribution in [1.82, 2.24) is 20.0 Å². The molecule has 0 unspecified atom stereocenters. The van der Waals surface area contributed by atoms with Gasteiger partial charge >= 0.3 is 0 Å². The fraction of sp³-hybridized carbons (Fsp3) is 0.474. The van der Waals surface area contributed by atoms with Gasteiger partial charge in [0.1, 0.15) is 5.69 Å². The molecule has 2 aromatic rings. The number of halogens is 1. The van der Waals surface area contributed by atoms with Crippen LogP contribution in [-0.4, -0.2) is 52.1 Å². The highest BCUT2D eigenvalue weighted by Crippen LogP contribution is 2.39. The summed E-state index contributed by atoms with van der Waals surface area (Å²) in [6.45, 7) is 5.31. The Morgan fingerprint density at radius 2 is 1.96 bits per heavy atom. The number of carbonyl (C=O) groups excluding carboxylic acids is 1. The highest BCUT2D eigenvalue weighted by atomic mass is 35.5. The topological polar surface area (TPSA) is 52.2 Å². The molecule has 6 heteroatoms. The molecule has 1 saturated heterocycles. The van der Waals surface area contributed by atoms with Crippen molar-refractivity contribution in [2.75, 3.05) is 26.2 Å². The Balaban J connectivity index is 1.37. The maximum atomic E-state index is 12.7. The van der Waals surface area contributed by atoms with Crippen LogP contribution >= 0.6 is 11.6 Å². The van der Waals surface area contributed by atoms with Crippen molar-refractivity contribution >= 4 is 17.5 Å². The molecule has 0 bridgehead atoms. The van der Waals surface area contributed by atoms with Gasteiger partial charge in [0.15, 0.2) is 0 Å². The average Bonchev–Trinajstić information content (AvgIpc) is 3.38. The van der Waals surface area contributed by atoms with Crippen molar-refractivity contribution in [2.24, 2.45) is 0 Å². The predicted octanol–water partition coefficient (Wildman–Crippen LogP) is 3.46. The van der Waals surface area contributed by atoms with Gasteiger partial charge in [-0.25, -0.2) is 0 Å². The number of aromatic nitrogens is 2. The summed E-state index contributed by atoms with van der Waals surface area (Å²) < 4.78 is 0. The summed E-state index contributed by atoms with van der Waals surface area (Å²) in [6, 6.07) is 10.2. The lowest BCUT2D eigenvalue weighted by Crippen LogP contribution is -2.49. The SMILES string of the molecule is C[C@H](c1ccccc1Cl)N1CCN(C(=O)c2cc(C3CC3)[nH]n2)CC1. The number of rotatable bonds is 4. The number of carbonyl (C=O) groups is 1. The Labute approximate surface area is 153 Å². The normalized spacial score (nSPS) is 19.8. The van der Waals surface area contributed by atoms with Gasteiger partial charge in [-0.1, -0.05) is 29.8 Å². The molecule has 1 aliphatic heterocycles. The van der Waals surface area contributed by atoms with Gasteiger partial charge in [-0.05, 0) is 37.5 Å². The average molecular weight is 359 g/mol. The molecule has 1 amide bonds. The van der Waals surface area contributed by atoms with Crippen LogP contribution < -0.4 is 0 Å². The van der Waals surface area contributed by atoms with Gasteiger partial charge in [0.05, 0.1) is 0 Å². The summed E-state index contributed by atoms with van der Waals surface area (Å²) in [7, 11) is 0. The Kier molecular flexibility index (Phi) is 4.52. The maximum absolute atomic E-state index is 12.7. The lowest BCUT2D eigenvalue weighted by Gasteiger charge is -2.38. The molecule has 1 aromatic carbocycles. The second-order valence-electron chi connectivity index (χ2n) is 7.01. The molecule has 2 heterocycles. The van der Waals surface area contributed by atoms with Crippen LogP contribution in [0.1, 0.15) is 53.5 Å². The quantitative estimate of drug-likeness (QED) is 0.910. The fourth-order valence-corrected chi connectivity index (χ4v) is 3.83. The van der Waals surface area contributed by atoms with Gasteiger partial charge in [-0.3, -0.25) is 14.8 Å². The number of nitrogens with one attached hydrogen (secondary N) is 1. The standard InChI is InChI=1S/C19H23ClN4O/c1-13(15-4-2-3-5-16(15)20)23-8-10-24(11-9-23)19(25)18-12-17(21-22-18)14-6-7-14/h2-5,12-14H,6-11H2,1H3,(H,21,22)/t13-/m1/s1. The summed E-state index contributed by atoms with van der Waals surface area (Å²) in [5.41, 5.74) is 2.80. The number of nitrogens with zero attached hydrogens (tertiary/aromatic N) is 3. The van der Waals surface area contributed by atoms with E-state index in [4.69, 9.17) is 11.6 Å². The van der Waals surface area contributed by atoms with Crippen molar-refractivity contribution in [2.45, 2.75) is 31.7 Å². The minimum absolute atomic E-state index is 0.0354. The molecule has 2 fully saturated rings. The molecule has 1 aliphatic carbocycles. The highest BCUT2D eigenvalue weighted by molar-refractivity contribution is 6.31. The van der Waals surface area contributed by atoms with E-state index >= 15 is 0 Å². The van der Waals surface area contributed by atoms with Crippen molar-refractivity contribution in [3.05, 3.63) is 52.3 Å². The molecule has 5 nitrogen and oxygen atoms in total. The predicted molar refractivity (Wildman–Crippen MR) is 97.9 cm³/mol. The van der Waals surface area contributed by atoms with Crippen LogP contribution in [0.2, 0.25) is 5.02 Å². The third-order valence-corrected chi connectivity index (χ3v) is 5.68. The van der Waals surface area contributed by atoms with Gasteiger partial charge in [0.25, 0.3) is 5.91 Å². The first-order valence-corrected chi connectivity index (χ1v) is 9.34. The van der Waals surface area contributed by atoms with E-state index in [1.54, 1.807) is 0 Å². The Hall–Kier alpha value is -1.85. The summed E-state index contributed by atoms with van der Waals surface area (Å²) in [6.07, 6.45) is 2.41. The zero-order valence-electron chi connectivity index (χ0n) is 14.4. The molecule has 1 N–H and O–H groups in total. The number of H-pyrrole nitrogens is 1. The maximum Gasteiger partial charge on any atom is 0.274 e. The van der Waals surface area contributed by atoms with Crippen molar-refractivity contribution < 1.29 is 4.79 Å². The molecule has 2 aliphatic rings. The van der Waals surface area contributed by atoms with Crippen LogP contribution in [0, 0.1) is 0 Å². The lowest BCUT2D eigenvalue weighted by atomic mass is 10.1. The number of aromatic amines is 1. The lowest BCUT2D eigenvalue weighted by molar-refractivity contribution is 0.0576. The Morgan fingerprint density at radius 3 is 2.64 bits per heavy atom. The molecule has 1 aromatic heterocycles. The third kappa shape index (κ3) is 3.44. The van der Waals surface area contributed by atoms with Crippen molar-refractivity contribution in [1.29, 1.82) is 0 Å². The van der Waals surface area contributed by atoms with Crippen molar-refractivity contribution in [3.8, 4) is 0 Å². The first-order valence-electron chi connectivity index (χ1n) is 8.96. The van der Waals surface area contributed by atoms with Crippen LogP contribution in [0.5, 0.6) is 0 Å². The molecule has 4 rings (SSSR count). The fourth-order valence-electron chi connectivity index (χ4n) is 3.53. The molecule has 132 valence electrons. The monoisotopic (exact) mass is 358 g/mol. The van der Waals surface area contributed by atoms with E-state index < -0.39 is 0 Å². The minimum atomic E-state index is 0.0354. The molecule has 0 radical (unpaired) electrons. The number of benzene rings is 1. The first-order chi connectivity index (χ1) is 12.1. The smallest absolute Gasteiger partial charge is 0.274 e. The van der Waals surface area contributed by atoms with Gasteiger partial charge in [-0.15, -0.1) is 0 Å². The van der Waals surface area contributed by atoms with Crippen LogP contribution in [0.25, 0.3) is 0 Å². The molecule has 1 saturated carbocycles. The minimum Gasteiger partial charge on any atom is -0.335 e. The van der Waals surface area contributed by atoms with Crippen LogP contribution in [0.3, 0.4) is 0 Å². The van der Waals surface area contributed by atoms with Gasteiger partial charge in [0, 0.05) is 48.9 Å². The largest absolute Gasteiger partial charge is 0.335 e. The van der Waals surface area contributed by atoms with Crippen LogP contribution in [0.4, 0.5) is 0 Å². The van der Waals surface area contributed by atoms with E-state index in [0.717, 1.165) is 42.5 Å². The number of amides is 1. The second kappa shape index (κ2) is 6.81. The molecular weight excluding hydrogens is 336 g/mol. The second-order valence-corrected chi connectivity index (χ2v) is 7.42. The van der Waals surface area contributed by atoms with E-state index in [9.17, 15) is 4.79 Å². The molecule has 25 heavy (non-hydrogen) atoms. The molecule has 1 atom stereocenters. The van der Waals surface area contributed by atoms with Crippen LogP contribution in [0.15, 0.2) is 30.3 Å². The van der Waals surface area contributed by atoms with Gasteiger partial charge < -0.3 is 4.90 Å². The number of hydrogen-bond donors (Lipinski definition) is 1. The summed E-state index contributed by atoms with van der Waals surface area (Å²) in [5, 5.41) is 8.04. The van der Waals surface area contributed by atoms with Gasteiger partial charge in [0.2, 0.25) is 0 Å². The summed E-state index contributed by atoms with van der Waals surface area (Å²) in [4.78, 5) is 16.9. The zero-order chi connectivity index (χ0) is 17.4. The van der Waals surface area contributed by atoms with E-state index in [-0.39, 0.29) is 11.9 Å². The Morgan fingerprint density at radius 1 is 1.24 bits per heavy atom. The van der Waals surface area contributed by atoms with E-state index in [0.29, 0.717) is 11.6 Å². The summed E-state index contributed by atoms with van der Waals surface area (Å²) >= 11 is 6.33. The molecular formula is C19H23ClN4O. The highest BCUT2D eigenvalue weighted by Gasteiger charge is 2.30. The number of hydrogen-bond acceptors (Lipinski definition) is 3. The van der Waals surface area contributed by atoms with E-state index in [1.165, 1.54) is 12.8 Å². The Bertz CT molecular complexity index is 762. The molecule has 0 spiro atoms. The first kappa shape index (κ1) is 16.6. The van der Waals surface area contributed by atoms with E-state index in [2.05, 4.69) is 28.1 Å². The number of piperazine rings is 1. The third-order valence-electron chi connectivity index (χ3n) is 5.34. The van der Waals surface area contributed by atoms with Crippen molar-refractivity contribution in [3.63, 3.8) is 0 Å². The van der Waals surface area contributed by atoms with E-state index in [1.807, 2.05) is 29.2 Å².